The Morgan fingerprint density at radius 1 is 1.40 bits per heavy atom. The van der Waals surface area contributed by atoms with Crippen molar-refractivity contribution >= 4 is 5.97 Å². The molecule has 1 fully saturated rings. The van der Waals surface area contributed by atoms with Crippen molar-refractivity contribution in [3.63, 3.8) is 0 Å². The molecule has 1 aliphatic rings. The van der Waals surface area contributed by atoms with Gasteiger partial charge in [-0.1, -0.05) is 33.3 Å². The van der Waals surface area contributed by atoms with Crippen LogP contribution in [0.25, 0.3) is 0 Å². The van der Waals surface area contributed by atoms with Gasteiger partial charge in [0.2, 0.25) is 0 Å². The van der Waals surface area contributed by atoms with Crippen LogP contribution in [0.1, 0.15) is 52.4 Å². The van der Waals surface area contributed by atoms with Crippen molar-refractivity contribution < 1.29 is 9.53 Å². The Labute approximate surface area is 92.7 Å². The van der Waals surface area contributed by atoms with E-state index in [-0.39, 0.29) is 12.1 Å². The zero-order valence-electron chi connectivity index (χ0n) is 9.92. The Kier molecular flexibility index (Phi) is 4.86. The van der Waals surface area contributed by atoms with Gasteiger partial charge in [0.15, 0.2) is 0 Å². The third-order valence-corrected chi connectivity index (χ3v) is 3.13. The highest BCUT2D eigenvalue weighted by atomic mass is 16.5. The van der Waals surface area contributed by atoms with E-state index >= 15 is 0 Å². The van der Waals surface area contributed by atoms with Gasteiger partial charge in [-0.2, -0.15) is 0 Å². The lowest BCUT2D eigenvalue weighted by Crippen LogP contribution is -2.28. The molecule has 0 aromatic carbocycles. The number of ether oxygens (including phenoxy) is 1. The van der Waals surface area contributed by atoms with Gasteiger partial charge < -0.3 is 4.74 Å². The van der Waals surface area contributed by atoms with Gasteiger partial charge in [0.05, 0.1) is 0 Å². The average Bonchev–Trinajstić information content (AvgIpc) is 2.21. The van der Waals surface area contributed by atoms with Gasteiger partial charge in [0.1, 0.15) is 6.10 Å². The SMILES string of the molecule is C=C(CCC)C(=O)OC1CCCCC1C. The van der Waals surface area contributed by atoms with Crippen molar-refractivity contribution in [3.05, 3.63) is 12.2 Å². The van der Waals surface area contributed by atoms with Crippen LogP contribution in [0, 0.1) is 5.92 Å². The standard InChI is InChI=1S/C13H22O2/c1-4-7-11(3)13(14)15-12-9-6-5-8-10(12)2/h10,12H,3-9H2,1-2H3. The first-order valence-corrected chi connectivity index (χ1v) is 6.04. The monoisotopic (exact) mass is 210 g/mol. The summed E-state index contributed by atoms with van der Waals surface area (Å²) >= 11 is 0. The molecule has 2 nitrogen and oxygen atoms in total. The summed E-state index contributed by atoms with van der Waals surface area (Å²) < 4.78 is 5.48. The molecule has 0 saturated heterocycles. The van der Waals surface area contributed by atoms with Crippen molar-refractivity contribution in [1.82, 2.24) is 0 Å². The van der Waals surface area contributed by atoms with E-state index in [1.54, 1.807) is 0 Å². The molecular weight excluding hydrogens is 188 g/mol. The molecule has 2 atom stereocenters. The lowest BCUT2D eigenvalue weighted by atomic mass is 9.88. The minimum absolute atomic E-state index is 0.125. The first-order chi connectivity index (χ1) is 7.15. The van der Waals surface area contributed by atoms with Crippen molar-refractivity contribution in [1.29, 1.82) is 0 Å². The zero-order valence-corrected chi connectivity index (χ0v) is 9.92. The fourth-order valence-corrected chi connectivity index (χ4v) is 2.08. The summed E-state index contributed by atoms with van der Waals surface area (Å²) in [6.45, 7) is 7.97. The number of carbonyl (C=O) groups is 1. The molecule has 0 aliphatic heterocycles. The highest BCUT2D eigenvalue weighted by Gasteiger charge is 2.25. The highest BCUT2D eigenvalue weighted by Crippen LogP contribution is 2.27. The molecule has 0 bridgehead atoms. The Balaban J connectivity index is 2.39. The van der Waals surface area contributed by atoms with Crippen molar-refractivity contribution in [2.45, 2.75) is 58.5 Å². The molecule has 0 N–H and O–H groups in total. The van der Waals surface area contributed by atoms with Crippen LogP contribution in [0.5, 0.6) is 0 Å². The predicted molar refractivity (Wildman–Crippen MR) is 61.6 cm³/mol. The van der Waals surface area contributed by atoms with Gasteiger partial charge in [-0.25, -0.2) is 4.79 Å². The van der Waals surface area contributed by atoms with Gasteiger partial charge >= 0.3 is 5.97 Å². The lowest BCUT2D eigenvalue weighted by molar-refractivity contribution is -0.148. The molecule has 0 amide bonds. The number of hydrogen-bond acceptors (Lipinski definition) is 2. The van der Waals surface area contributed by atoms with E-state index in [0.29, 0.717) is 11.5 Å². The summed E-state index contributed by atoms with van der Waals surface area (Å²) in [6, 6.07) is 0. The molecule has 0 radical (unpaired) electrons. The van der Waals surface area contributed by atoms with Crippen LogP contribution in [0.15, 0.2) is 12.2 Å². The molecule has 1 saturated carbocycles. The van der Waals surface area contributed by atoms with E-state index in [1.807, 2.05) is 6.92 Å². The van der Waals surface area contributed by atoms with Crippen LogP contribution in [-0.2, 0) is 9.53 Å². The van der Waals surface area contributed by atoms with E-state index in [0.717, 1.165) is 19.3 Å². The van der Waals surface area contributed by atoms with Gasteiger partial charge in [-0.3, -0.25) is 0 Å². The second-order valence-corrected chi connectivity index (χ2v) is 4.56. The predicted octanol–water partition coefficient (Wildman–Crippen LogP) is 3.46. The first kappa shape index (κ1) is 12.3. The summed E-state index contributed by atoms with van der Waals surface area (Å²) in [5, 5.41) is 0. The minimum atomic E-state index is -0.185. The Hall–Kier alpha value is -0.790. The number of rotatable bonds is 4. The lowest BCUT2D eigenvalue weighted by Gasteiger charge is -2.28. The van der Waals surface area contributed by atoms with Crippen LogP contribution in [0.2, 0.25) is 0 Å². The normalized spacial score (nSPS) is 26.0. The topological polar surface area (TPSA) is 26.3 Å². The summed E-state index contributed by atoms with van der Waals surface area (Å²) in [5.41, 5.74) is 0.621. The van der Waals surface area contributed by atoms with Crippen LogP contribution in [-0.4, -0.2) is 12.1 Å². The fourth-order valence-electron chi connectivity index (χ4n) is 2.08. The maximum atomic E-state index is 11.6. The quantitative estimate of drug-likeness (QED) is 0.524. The maximum absolute atomic E-state index is 11.6. The summed E-state index contributed by atoms with van der Waals surface area (Å²) in [7, 11) is 0. The zero-order chi connectivity index (χ0) is 11.3. The number of hydrogen-bond donors (Lipinski definition) is 0. The molecule has 0 heterocycles. The van der Waals surface area contributed by atoms with Crippen molar-refractivity contribution in [2.24, 2.45) is 5.92 Å². The maximum Gasteiger partial charge on any atom is 0.333 e. The van der Waals surface area contributed by atoms with Crippen molar-refractivity contribution in [3.8, 4) is 0 Å². The van der Waals surface area contributed by atoms with E-state index < -0.39 is 0 Å². The molecule has 86 valence electrons. The van der Waals surface area contributed by atoms with Crippen LogP contribution in [0.4, 0.5) is 0 Å². The summed E-state index contributed by atoms with van der Waals surface area (Å²) in [4.78, 5) is 11.6. The van der Waals surface area contributed by atoms with Gasteiger partial charge in [-0.05, 0) is 31.6 Å². The Morgan fingerprint density at radius 2 is 2.07 bits per heavy atom. The molecule has 0 aromatic heterocycles. The van der Waals surface area contributed by atoms with Crippen LogP contribution >= 0.6 is 0 Å². The largest absolute Gasteiger partial charge is 0.459 e. The molecule has 2 unspecified atom stereocenters. The molecule has 1 aliphatic carbocycles. The molecule has 15 heavy (non-hydrogen) atoms. The summed E-state index contributed by atoms with van der Waals surface area (Å²) in [6.07, 6.45) is 6.48. The van der Waals surface area contributed by atoms with Crippen LogP contribution in [0.3, 0.4) is 0 Å². The molecular formula is C13H22O2. The van der Waals surface area contributed by atoms with E-state index in [1.165, 1.54) is 19.3 Å². The highest BCUT2D eigenvalue weighted by molar-refractivity contribution is 5.87. The van der Waals surface area contributed by atoms with Crippen LogP contribution < -0.4 is 0 Å². The third kappa shape index (κ3) is 3.69. The molecule has 0 spiro atoms. The molecule has 0 aromatic rings. The Bertz CT molecular complexity index is 233. The van der Waals surface area contributed by atoms with Gasteiger partial charge in [0.25, 0.3) is 0 Å². The van der Waals surface area contributed by atoms with E-state index in [2.05, 4.69) is 13.5 Å². The Morgan fingerprint density at radius 3 is 2.67 bits per heavy atom. The van der Waals surface area contributed by atoms with Crippen molar-refractivity contribution in [2.75, 3.05) is 0 Å². The molecule has 2 heteroatoms. The molecule has 1 rings (SSSR count). The smallest absolute Gasteiger partial charge is 0.333 e. The average molecular weight is 210 g/mol. The van der Waals surface area contributed by atoms with Gasteiger partial charge in [0, 0.05) is 5.57 Å². The first-order valence-electron chi connectivity index (χ1n) is 6.04. The second-order valence-electron chi connectivity index (χ2n) is 4.56. The third-order valence-electron chi connectivity index (χ3n) is 3.13. The minimum Gasteiger partial charge on any atom is -0.459 e. The second kappa shape index (κ2) is 5.94. The number of esters is 1. The van der Waals surface area contributed by atoms with Gasteiger partial charge in [-0.15, -0.1) is 0 Å². The van der Waals surface area contributed by atoms with E-state index in [9.17, 15) is 4.79 Å². The fraction of sp³-hybridized carbons (Fsp3) is 0.769. The number of carbonyl (C=O) groups excluding carboxylic acids is 1. The summed E-state index contributed by atoms with van der Waals surface area (Å²) in [5.74, 6) is 0.327. The van der Waals surface area contributed by atoms with E-state index in [4.69, 9.17) is 4.74 Å².